The molecule has 4 heterocycles. The lowest BCUT2D eigenvalue weighted by Gasteiger charge is -2.47. The summed E-state index contributed by atoms with van der Waals surface area (Å²) in [6, 6.07) is 19.9. The number of nitrogens with one attached hydrogen (secondary N) is 5. The molecule has 1 unspecified atom stereocenters. The molecule has 0 radical (unpaired) electrons. The van der Waals surface area contributed by atoms with Crippen molar-refractivity contribution in [1.82, 2.24) is 20.9 Å². The Kier molecular flexibility index (Phi) is 12.6. The monoisotopic (exact) mass is 924 g/mol. The Bertz CT molecular complexity index is 2660. The van der Waals surface area contributed by atoms with Gasteiger partial charge in [-0.3, -0.25) is 39.4 Å². The largest absolute Gasteiger partial charge is 0.352 e. The van der Waals surface area contributed by atoms with Crippen molar-refractivity contribution in [3.63, 3.8) is 0 Å². The van der Waals surface area contributed by atoms with Gasteiger partial charge >= 0.3 is 0 Å². The van der Waals surface area contributed by atoms with Crippen LogP contribution in [0.4, 0.5) is 15.8 Å². The number of hydrogen-bond donors (Lipinski definition) is 5. The van der Waals surface area contributed by atoms with Crippen LogP contribution in [-0.2, 0) is 31.1 Å². The molecule has 330 valence electrons. The number of fused-ring (bicyclic) bond motifs is 4. The zero-order valence-corrected chi connectivity index (χ0v) is 36.8. The average Bonchev–Trinajstić information content (AvgIpc) is 3.87. The molecule has 2 spiro atoms. The number of halogens is 4. The highest BCUT2D eigenvalue weighted by atomic mass is 35.5. The van der Waals surface area contributed by atoms with Crippen molar-refractivity contribution in [2.24, 2.45) is 0 Å². The fourth-order valence-corrected chi connectivity index (χ4v) is 10.8. The number of benzene rings is 4. The number of carbonyl (C=O) groups excluding carboxylic acids is 6. The van der Waals surface area contributed by atoms with Crippen LogP contribution in [-0.4, -0.2) is 64.5 Å². The molecule has 6 amide bonds. The molecule has 64 heavy (non-hydrogen) atoms. The minimum atomic E-state index is -1.36. The van der Waals surface area contributed by atoms with E-state index in [2.05, 4.69) is 38.4 Å². The van der Waals surface area contributed by atoms with Crippen LogP contribution >= 0.6 is 35.6 Å². The third kappa shape index (κ3) is 7.70. The Morgan fingerprint density at radius 1 is 0.922 bits per heavy atom. The highest BCUT2D eigenvalue weighted by Gasteiger charge is 2.72. The fourth-order valence-electron chi connectivity index (χ4n) is 10.5. The number of imide groups is 1. The lowest BCUT2D eigenvalue weighted by Crippen LogP contribution is -2.60. The van der Waals surface area contributed by atoms with Crippen molar-refractivity contribution < 1.29 is 33.2 Å². The Balaban J connectivity index is 0.00000560. The first kappa shape index (κ1) is 44.8. The smallest absolute Gasteiger partial charge is 0.255 e. The second-order valence-electron chi connectivity index (χ2n) is 16.8. The van der Waals surface area contributed by atoms with Gasteiger partial charge in [-0.05, 0) is 97.0 Å². The van der Waals surface area contributed by atoms with E-state index in [0.29, 0.717) is 70.9 Å². The number of hydrogen-bond acceptors (Lipinski definition) is 7. The van der Waals surface area contributed by atoms with Gasteiger partial charge in [0.25, 0.3) is 11.8 Å². The molecule has 5 aliphatic rings. The summed E-state index contributed by atoms with van der Waals surface area (Å²) < 4.78 is 16.2. The Morgan fingerprint density at radius 3 is 2.45 bits per heavy atom. The van der Waals surface area contributed by atoms with Gasteiger partial charge in [-0.1, -0.05) is 78.6 Å². The minimum absolute atomic E-state index is 0. The highest BCUT2D eigenvalue weighted by molar-refractivity contribution is 6.31. The summed E-state index contributed by atoms with van der Waals surface area (Å²) in [6.45, 7) is 0.581. The molecule has 12 nitrogen and oxygen atoms in total. The van der Waals surface area contributed by atoms with Gasteiger partial charge in [-0.2, -0.15) is 0 Å². The Hall–Kier alpha value is -5.78. The molecule has 5 N–H and O–H groups in total. The summed E-state index contributed by atoms with van der Waals surface area (Å²) in [5, 5.41) is 15.2. The van der Waals surface area contributed by atoms with E-state index in [0.717, 1.165) is 24.8 Å². The lowest BCUT2D eigenvalue weighted by atomic mass is 9.55. The lowest BCUT2D eigenvalue weighted by molar-refractivity contribution is -0.137. The number of carbonyl (C=O) groups is 6. The Labute approximate surface area is 385 Å². The van der Waals surface area contributed by atoms with Gasteiger partial charge < -0.3 is 20.9 Å². The van der Waals surface area contributed by atoms with E-state index in [1.807, 2.05) is 6.07 Å². The van der Waals surface area contributed by atoms with Crippen LogP contribution in [0, 0.1) is 17.7 Å². The number of anilines is 2. The summed E-state index contributed by atoms with van der Waals surface area (Å²) in [5.41, 5.74) is 1.82. The topological polar surface area (TPSA) is 166 Å². The van der Waals surface area contributed by atoms with Crippen molar-refractivity contribution in [3.8, 4) is 11.8 Å². The van der Waals surface area contributed by atoms with E-state index < -0.39 is 46.6 Å². The van der Waals surface area contributed by atoms with Gasteiger partial charge in [-0.25, -0.2) is 4.39 Å². The SMILES string of the molecule is Cl.O=C1CCC(N2Cc3c(C#CCCCNC(=O)c4ccc(NC(=O)[C@@H]5NC6(CCCCC6)[C@@]6(C(=O)Nc7cc(Cl)ccc76)[C@H]5c5cccc(Cl)c5F)cc4)cccc3C2=O)C(=O)N1. The molecule has 4 aromatic carbocycles. The van der Waals surface area contributed by atoms with E-state index in [1.54, 1.807) is 66.7 Å². The van der Waals surface area contributed by atoms with Crippen LogP contribution < -0.4 is 26.6 Å². The fraction of sp³-hybridized carbons (Fsp3) is 0.333. The third-order valence-electron chi connectivity index (χ3n) is 13.3. The first-order chi connectivity index (χ1) is 30.4. The average molecular weight is 926 g/mol. The zero-order chi connectivity index (χ0) is 44.0. The maximum atomic E-state index is 16.2. The molecule has 0 aromatic heterocycles. The van der Waals surface area contributed by atoms with E-state index >= 15 is 4.39 Å². The molecule has 2 saturated heterocycles. The van der Waals surface area contributed by atoms with Gasteiger partial charge in [-0.15, -0.1) is 12.4 Å². The van der Waals surface area contributed by atoms with Gasteiger partial charge in [0, 0.05) is 70.5 Å². The van der Waals surface area contributed by atoms with E-state index in [1.165, 1.54) is 11.0 Å². The van der Waals surface area contributed by atoms with E-state index in [9.17, 15) is 28.8 Å². The van der Waals surface area contributed by atoms with Crippen LogP contribution in [0.15, 0.2) is 78.9 Å². The van der Waals surface area contributed by atoms with Crippen LogP contribution in [0.5, 0.6) is 0 Å². The van der Waals surface area contributed by atoms with Crippen molar-refractivity contribution in [2.45, 2.75) is 93.3 Å². The molecule has 0 bridgehead atoms. The first-order valence-electron chi connectivity index (χ1n) is 21.2. The number of nitrogens with zero attached hydrogens (tertiary/aromatic N) is 1. The maximum absolute atomic E-state index is 16.2. The molecular weight excluding hydrogens is 882 g/mol. The summed E-state index contributed by atoms with van der Waals surface area (Å²) in [7, 11) is 0. The van der Waals surface area contributed by atoms with Gasteiger partial charge in [0.05, 0.1) is 11.1 Å². The number of piperidine rings is 1. The molecule has 9 rings (SSSR count). The zero-order valence-electron chi connectivity index (χ0n) is 34.5. The Morgan fingerprint density at radius 2 is 1.69 bits per heavy atom. The molecule has 4 aromatic rings. The van der Waals surface area contributed by atoms with Gasteiger partial charge in [0.15, 0.2) is 0 Å². The summed E-state index contributed by atoms with van der Waals surface area (Å²) in [5.74, 6) is 2.42. The number of amides is 6. The van der Waals surface area contributed by atoms with E-state index in [-0.39, 0.29) is 66.0 Å². The predicted molar refractivity (Wildman–Crippen MR) is 242 cm³/mol. The van der Waals surface area contributed by atoms with Crippen molar-refractivity contribution in [2.75, 3.05) is 17.2 Å². The maximum Gasteiger partial charge on any atom is 0.255 e. The van der Waals surface area contributed by atoms with Crippen LogP contribution in [0.2, 0.25) is 10.0 Å². The minimum Gasteiger partial charge on any atom is -0.352 e. The van der Waals surface area contributed by atoms with Crippen LogP contribution in [0.25, 0.3) is 0 Å². The summed E-state index contributed by atoms with van der Waals surface area (Å²) >= 11 is 12.8. The molecule has 1 aliphatic carbocycles. The number of rotatable bonds is 8. The number of unbranched alkanes of at least 4 members (excludes halogenated alkanes) is 1. The van der Waals surface area contributed by atoms with E-state index in [4.69, 9.17) is 23.2 Å². The highest BCUT2D eigenvalue weighted by Crippen LogP contribution is 2.63. The van der Waals surface area contributed by atoms with Crippen molar-refractivity contribution >= 4 is 82.4 Å². The molecule has 3 fully saturated rings. The summed E-state index contributed by atoms with van der Waals surface area (Å²) in [6.07, 6.45) is 5.25. The molecule has 4 atom stereocenters. The van der Waals surface area contributed by atoms with Crippen LogP contribution in [0.1, 0.15) is 107 Å². The molecule has 4 aliphatic heterocycles. The molecular formula is C48H44Cl3FN6O6. The standard InChI is InChI=1S/C48H43Cl2FN6O6.ClH/c49-29-16-19-34-36(25-29)54-46(63)48(34)39(32-12-8-13-35(50)40(32)51)41(56-47(48)22-4-2-5-23-47)44(61)53-30-17-14-28(15-18-30)42(59)52-24-6-1-3-9-27-10-7-11-31-33(27)26-57(45(31)62)37-20-21-38(58)55-43(37)60;/h7-8,10-19,25,37,39,41,56H,1-2,4-6,20-24,26H2,(H,52,59)(H,53,61)(H,54,63)(H,55,58,60);1H/t37?,39-,41+,48+;/m0./s1. The predicted octanol–water partition coefficient (Wildman–Crippen LogP) is 7.16. The van der Waals surface area contributed by atoms with Crippen LogP contribution in [0.3, 0.4) is 0 Å². The van der Waals surface area contributed by atoms with Gasteiger partial charge in [0.2, 0.25) is 23.6 Å². The second kappa shape index (κ2) is 18.0. The normalized spacial score (nSPS) is 22.8. The molecule has 16 heteroatoms. The summed E-state index contributed by atoms with van der Waals surface area (Å²) in [4.78, 5) is 80.9. The quantitative estimate of drug-likeness (QED) is 0.0711. The second-order valence-corrected chi connectivity index (χ2v) is 17.6. The third-order valence-corrected chi connectivity index (χ3v) is 13.8. The van der Waals surface area contributed by atoms with Crippen molar-refractivity contribution in [1.29, 1.82) is 0 Å². The molecule has 1 saturated carbocycles. The van der Waals surface area contributed by atoms with Gasteiger partial charge in [0.1, 0.15) is 17.3 Å². The van der Waals surface area contributed by atoms with Crippen molar-refractivity contribution in [3.05, 3.63) is 128 Å². The first-order valence-corrected chi connectivity index (χ1v) is 21.9.